The molecule has 4 aromatic rings. The highest BCUT2D eigenvalue weighted by Gasteiger charge is 2.03. The molecule has 30 heavy (non-hydrogen) atoms. The van der Waals surface area contributed by atoms with Gasteiger partial charge in [-0.2, -0.15) is 11.8 Å². The Balaban J connectivity index is 0. The molecule has 0 fully saturated rings. The van der Waals surface area contributed by atoms with Gasteiger partial charge in [0.05, 0.1) is 0 Å². The molecule has 0 atom stereocenters. The molecule has 1 nitrogen and oxygen atoms in total. The normalized spacial score (nSPS) is 8.27. The predicted molar refractivity (Wildman–Crippen MR) is 146 cm³/mol. The van der Waals surface area contributed by atoms with Crippen molar-refractivity contribution >= 4 is 43.3 Å². The minimum atomic E-state index is 0.139. The molecule has 0 aliphatic rings. The van der Waals surface area contributed by atoms with Crippen molar-refractivity contribution in [3.8, 4) is 0 Å². The van der Waals surface area contributed by atoms with E-state index in [2.05, 4.69) is 0 Å². The molecule has 1 heterocycles. The Morgan fingerprint density at radius 1 is 0.533 bits per heavy atom. The van der Waals surface area contributed by atoms with E-state index in [4.69, 9.17) is 0 Å². The van der Waals surface area contributed by atoms with Gasteiger partial charge in [0.15, 0.2) is 5.43 Å². The van der Waals surface area contributed by atoms with Crippen molar-refractivity contribution in [2.45, 2.75) is 41.5 Å². The van der Waals surface area contributed by atoms with Crippen molar-refractivity contribution in [2.24, 2.45) is 0 Å². The highest BCUT2D eigenvalue weighted by Crippen LogP contribution is 2.23. The molecule has 0 aliphatic carbocycles. The molecule has 3 heteroatoms. The number of benzene rings is 3. The maximum Gasteiger partial charge on any atom is 0.195 e. The van der Waals surface area contributed by atoms with Crippen molar-refractivity contribution in [1.82, 2.24) is 0 Å². The van der Waals surface area contributed by atoms with Gasteiger partial charge < -0.3 is 0 Å². The lowest BCUT2D eigenvalue weighted by molar-refractivity contribution is 1.50. The van der Waals surface area contributed by atoms with E-state index in [0.29, 0.717) is 0 Å². The third-order valence-electron chi connectivity index (χ3n) is 3.15. The third-order valence-corrected chi connectivity index (χ3v) is 4.30. The second-order valence-corrected chi connectivity index (χ2v) is 6.89. The summed E-state index contributed by atoms with van der Waals surface area (Å²) in [4.78, 5) is 12.1. The Morgan fingerprint density at radius 3 is 1.10 bits per heavy atom. The van der Waals surface area contributed by atoms with E-state index >= 15 is 0 Å². The van der Waals surface area contributed by atoms with Crippen LogP contribution in [0.2, 0.25) is 0 Å². The number of thioether (sulfide) groups is 1. The summed E-state index contributed by atoms with van der Waals surface area (Å²) in [5, 5.41) is 1.64. The standard InChI is InChI=1S/C13H8OS.C6H6.C2H6S.3C2H6/c14-13-9-5-1-3-7-11(9)15-12-8-4-2-6-10(12)13;1-2-4-6-5-3-1;1-3-2;3*1-2/h1-8H;1-6H;1-2H3;3*1-2H3. The Bertz CT molecular complexity index is 847. The molecule has 0 amide bonds. The van der Waals surface area contributed by atoms with Crippen LogP contribution in [-0.4, -0.2) is 12.5 Å². The zero-order valence-electron chi connectivity index (χ0n) is 19.8. The lowest BCUT2D eigenvalue weighted by atomic mass is 10.2. The van der Waals surface area contributed by atoms with Gasteiger partial charge in [0.25, 0.3) is 0 Å². The zero-order chi connectivity index (χ0) is 23.2. The summed E-state index contributed by atoms with van der Waals surface area (Å²) >= 11 is 3.42. The number of rotatable bonds is 0. The molecule has 0 bridgehead atoms. The van der Waals surface area contributed by atoms with Gasteiger partial charge in [0, 0.05) is 20.2 Å². The van der Waals surface area contributed by atoms with E-state index in [1.165, 1.54) is 0 Å². The third kappa shape index (κ3) is 11.2. The second kappa shape index (κ2) is 21.6. The first kappa shape index (κ1) is 30.1. The summed E-state index contributed by atoms with van der Waals surface area (Å²) in [6, 6.07) is 27.5. The Morgan fingerprint density at radius 2 is 0.800 bits per heavy atom. The molecule has 164 valence electrons. The van der Waals surface area contributed by atoms with E-state index in [1.54, 1.807) is 23.1 Å². The summed E-state index contributed by atoms with van der Waals surface area (Å²) in [7, 11) is 0. The van der Waals surface area contributed by atoms with Crippen molar-refractivity contribution in [3.05, 3.63) is 95.2 Å². The van der Waals surface area contributed by atoms with Crippen LogP contribution in [0.15, 0.2) is 89.7 Å². The van der Waals surface area contributed by atoms with Crippen molar-refractivity contribution in [2.75, 3.05) is 12.5 Å². The van der Waals surface area contributed by atoms with E-state index in [1.807, 2.05) is 139 Å². The molecular formula is C27H38OS2. The lowest BCUT2D eigenvalue weighted by Gasteiger charge is -1.99. The summed E-state index contributed by atoms with van der Waals surface area (Å²) in [6.45, 7) is 12.0. The molecule has 1 aromatic heterocycles. The van der Waals surface area contributed by atoms with Crippen LogP contribution in [0.1, 0.15) is 41.5 Å². The predicted octanol–water partition coefficient (Wildman–Crippen LogP) is 9.16. The molecule has 0 unspecified atom stereocenters. The molecule has 4 rings (SSSR count). The van der Waals surface area contributed by atoms with Crippen LogP contribution in [0.25, 0.3) is 20.2 Å². The maximum atomic E-state index is 12.1. The van der Waals surface area contributed by atoms with Gasteiger partial charge in [-0.25, -0.2) is 0 Å². The first-order valence-electron chi connectivity index (χ1n) is 10.6. The highest BCUT2D eigenvalue weighted by atomic mass is 32.2. The Labute approximate surface area is 192 Å². The van der Waals surface area contributed by atoms with E-state index < -0.39 is 0 Å². The van der Waals surface area contributed by atoms with Crippen LogP contribution < -0.4 is 5.43 Å². The molecule has 0 radical (unpaired) electrons. The van der Waals surface area contributed by atoms with Gasteiger partial charge in [-0.15, -0.1) is 11.3 Å². The van der Waals surface area contributed by atoms with Crippen LogP contribution in [0, 0.1) is 0 Å². The summed E-state index contributed by atoms with van der Waals surface area (Å²) < 4.78 is 2.11. The molecule has 0 spiro atoms. The average molecular weight is 443 g/mol. The van der Waals surface area contributed by atoms with Crippen molar-refractivity contribution < 1.29 is 0 Å². The molecule has 0 N–H and O–H groups in total. The van der Waals surface area contributed by atoms with E-state index in [-0.39, 0.29) is 5.43 Å². The van der Waals surface area contributed by atoms with E-state index in [0.717, 1.165) is 20.2 Å². The van der Waals surface area contributed by atoms with Crippen LogP contribution >= 0.6 is 23.1 Å². The van der Waals surface area contributed by atoms with E-state index in [9.17, 15) is 4.79 Å². The molecule has 0 saturated carbocycles. The average Bonchev–Trinajstić information content (AvgIpc) is 2.85. The summed E-state index contributed by atoms with van der Waals surface area (Å²) in [5.41, 5.74) is 0.139. The molecule has 0 saturated heterocycles. The van der Waals surface area contributed by atoms with Gasteiger partial charge in [-0.05, 0) is 36.8 Å². The van der Waals surface area contributed by atoms with Gasteiger partial charge >= 0.3 is 0 Å². The van der Waals surface area contributed by atoms with Crippen LogP contribution in [-0.2, 0) is 0 Å². The van der Waals surface area contributed by atoms with Gasteiger partial charge in [0.1, 0.15) is 0 Å². The quantitative estimate of drug-likeness (QED) is 0.252. The van der Waals surface area contributed by atoms with Gasteiger partial charge in [-0.1, -0.05) is 102 Å². The van der Waals surface area contributed by atoms with Crippen molar-refractivity contribution in [3.63, 3.8) is 0 Å². The number of hydrogen-bond acceptors (Lipinski definition) is 3. The highest BCUT2D eigenvalue weighted by molar-refractivity contribution is 7.97. The summed E-state index contributed by atoms with van der Waals surface area (Å²) in [5.74, 6) is 0. The molecular weight excluding hydrogens is 404 g/mol. The minimum absolute atomic E-state index is 0.139. The monoisotopic (exact) mass is 442 g/mol. The van der Waals surface area contributed by atoms with Crippen LogP contribution in [0.3, 0.4) is 0 Å². The van der Waals surface area contributed by atoms with Gasteiger partial charge in [-0.3, -0.25) is 4.79 Å². The SMILES string of the molecule is CC.CC.CC.CSC.O=c1c2ccccc2sc2ccccc12.c1ccccc1. The topological polar surface area (TPSA) is 17.1 Å². The number of fused-ring (bicyclic) bond motifs is 2. The maximum absolute atomic E-state index is 12.1. The second-order valence-electron chi connectivity index (χ2n) is 4.99. The van der Waals surface area contributed by atoms with Crippen LogP contribution in [0.5, 0.6) is 0 Å². The van der Waals surface area contributed by atoms with Crippen LogP contribution in [0.4, 0.5) is 0 Å². The fourth-order valence-electron chi connectivity index (χ4n) is 2.13. The zero-order valence-corrected chi connectivity index (χ0v) is 21.4. The number of hydrogen-bond donors (Lipinski definition) is 0. The summed E-state index contributed by atoms with van der Waals surface area (Å²) in [6.07, 6.45) is 4.08. The Kier molecular flexibility index (Phi) is 21.7. The largest absolute Gasteiger partial charge is 0.289 e. The first-order valence-corrected chi connectivity index (χ1v) is 13.0. The first-order chi connectivity index (χ1) is 14.8. The molecule has 0 aliphatic heterocycles. The smallest absolute Gasteiger partial charge is 0.195 e. The van der Waals surface area contributed by atoms with Gasteiger partial charge in [0.2, 0.25) is 0 Å². The molecule has 3 aromatic carbocycles. The van der Waals surface area contributed by atoms with Crippen molar-refractivity contribution in [1.29, 1.82) is 0 Å². The lowest BCUT2D eigenvalue weighted by Crippen LogP contribution is -1.99. The fourth-order valence-corrected chi connectivity index (χ4v) is 3.21. The fraction of sp³-hybridized carbons (Fsp3) is 0.296. The Hall–Kier alpha value is -2.10. The minimum Gasteiger partial charge on any atom is -0.289 e.